The third kappa shape index (κ3) is 3.77. The lowest BCUT2D eigenvalue weighted by Crippen LogP contribution is -2.19. The van der Waals surface area contributed by atoms with Crippen LogP contribution in [0.4, 0.5) is 10.1 Å². The average Bonchev–Trinajstić information content (AvgIpc) is 2.43. The highest BCUT2D eigenvalue weighted by atomic mass is 32.2. The van der Waals surface area contributed by atoms with Gasteiger partial charge >= 0.3 is 0 Å². The summed E-state index contributed by atoms with van der Waals surface area (Å²) in [5, 5.41) is 0. The van der Waals surface area contributed by atoms with Crippen LogP contribution >= 0.6 is 0 Å². The predicted molar refractivity (Wildman–Crippen MR) is 77.4 cm³/mol. The van der Waals surface area contributed by atoms with Crippen LogP contribution < -0.4 is 11.3 Å². The standard InChI is InChI=1S/C14H15FN2O2S/c15-11-2-5-13(6-3-11)20(19)9-1-8-17-10-12(16)4-7-14(17)18/h2-7,10H,1,8-9,16H2. The van der Waals surface area contributed by atoms with Crippen LogP contribution in [0.5, 0.6) is 0 Å². The number of hydrogen-bond donors (Lipinski definition) is 1. The molecular weight excluding hydrogens is 279 g/mol. The maximum absolute atomic E-state index is 12.8. The number of anilines is 1. The predicted octanol–water partition coefficient (Wildman–Crippen LogP) is 1.77. The first-order valence-corrected chi connectivity index (χ1v) is 7.48. The molecule has 0 saturated heterocycles. The number of nitrogen functional groups attached to an aromatic ring is 1. The zero-order valence-corrected chi connectivity index (χ0v) is 11.6. The van der Waals surface area contributed by atoms with Crippen LogP contribution in [-0.4, -0.2) is 14.5 Å². The van der Waals surface area contributed by atoms with Gasteiger partial charge in [-0.25, -0.2) is 4.39 Å². The summed E-state index contributed by atoms with van der Waals surface area (Å²) in [5.74, 6) is 0.0597. The minimum absolute atomic E-state index is 0.133. The molecule has 0 spiro atoms. The van der Waals surface area contributed by atoms with Gasteiger partial charge < -0.3 is 10.3 Å². The van der Waals surface area contributed by atoms with E-state index in [0.29, 0.717) is 29.3 Å². The van der Waals surface area contributed by atoms with E-state index < -0.39 is 10.8 Å². The van der Waals surface area contributed by atoms with Crippen LogP contribution in [0.1, 0.15) is 6.42 Å². The van der Waals surface area contributed by atoms with Crippen molar-refractivity contribution in [3.8, 4) is 0 Å². The molecule has 2 rings (SSSR count). The second kappa shape index (κ2) is 6.47. The molecule has 0 aliphatic heterocycles. The highest BCUT2D eigenvalue weighted by molar-refractivity contribution is 7.85. The Morgan fingerprint density at radius 2 is 1.85 bits per heavy atom. The largest absolute Gasteiger partial charge is 0.398 e. The normalized spacial score (nSPS) is 12.2. The third-order valence-corrected chi connectivity index (χ3v) is 4.27. The van der Waals surface area contributed by atoms with E-state index in [1.54, 1.807) is 12.3 Å². The molecule has 0 aliphatic rings. The van der Waals surface area contributed by atoms with Crippen molar-refractivity contribution in [1.29, 1.82) is 0 Å². The van der Waals surface area contributed by atoms with Crippen molar-refractivity contribution >= 4 is 16.5 Å². The number of nitrogens with two attached hydrogens (primary N) is 1. The van der Waals surface area contributed by atoms with Crippen molar-refractivity contribution in [1.82, 2.24) is 4.57 Å². The molecule has 0 aliphatic carbocycles. The minimum atomic E-state index is -1.19. The summed E-state index contributed by atoms with van der Waals surface area (Å²) >= 11 is 0. The van der Waals surface area contributed by atoms with Crippen molar-refractivity contribution in [2.75, 3.05) is 11.5 Å². The van der Waals surface area contributed by atoms with Crippen molar-refractivity contribution in [3.05, 3.63) is 58.8 Å². The summed E-state index contributed by atoms with van der Waals surface area (Å²) in [5.41, 5.74) is 5.99. The summed E-state index contributed by atoms with van der Waals surface area (Å²) < 4.78 is 26.2. The van der Waals surface area contributed by atoms with Crippen LogP contribution in [-0.2, 0) is 17.3 Å². The molecule has 1 atom stereocenters. The van der Waals surface area contributed by atoms with Gasteiger partial charge in [-0.3, -0.25) is 9.00 Å². The van der Waals surface area contributed by atoms with E-state index >= 15 is 0 Å². The highest BCUT2D eigenvalue weighted by Crippen LogP contribution is 2.09. The molecule has 2 aromatic rings. The number of nitrogens with zero attached hydrogens (tertiary/aromatic N) is 1. The molecule has 20 heavy (non-hydrogen) atoms. The number of hydrogen-bond acceptors (Lipinski definition) is 3. The van der Waals surface area contributed by atoms with Crippen molar-refractivity contribution in [2.45, 2.75) is 17.9 Å². The molecule has 1 unspecified atom stereocenters. The maximum Gasteiger partial charge on any atom is 0.250 e. The lowest BCUT2D eigenvalue weighted by molar-refractivity contribution is 0.625. The lowest BCUT2D eigenvalue weighted by atomic mass is 10.3. The first kappa shape index (κ1) is 14.5. The minimum Gasteiger partial charge on any atom is -0.398 e. The third-order valence-electron chi connectivity index (χ3n) is 2.81. The molecule has 1 heterocycles. The topological polar surface area (TPSA) is 65.1 Å². The average molecular weight is 294 g/mol. The van der Waals surface area contributed by atoms with Crippen LogP contribution in [0.2, 0.25) is 0 Å². The molecule has 1 aromatic heterocycles. The summed E-state index contributed by atoms with van der Waals surface area (Å²) in [7, 11) is -1.19. The Morgan fingerprint density at radius 3 is 2.55 bits per heavy atom. The maximum atomic E-state index is 12.8. The van der Waals surface area contributed by atoms with Gasteiger partial charge in [0.05, 0.1) is 10.8 Å². The van der Waals surface area contributed by atoms with Gasteiger partial charge in [0.1, 0.15) is 5.82 Å². The molecular formula is C14H15FN2O2S. The zero-order chi connectivity index (χ0) is 14.5. The smallest absolute Gasteiger partial charge is 0.250 e. The SMILES string of the molecule is Nc1ccc(=O)n(CCCS(=O)c2ccc(F)cc2)c1. The Hall–Kier alpha value is -1.95. The fourth-order valence-electron chi connectivity index (χ4n) is 1.79. The lowest BCUT2D eigenvalue weighted by Gasteiger charge is -2.06. The Balaban J connectivity index is 1.92. The van der Waals surface area contributed by atoms with Crippen molar-refractivity contribution in [2.24, 2.45) is 0 Å². The van der Waals surface area contributed by atoms with Gasteiger partial charge in [-0.15, -0.1) is 0 Å². The van der Waals surface area contributed by atoms with E-state index in [9.17, 15) is 13.4 Å². The molecule has 0 fully saturated rings. The van der Waals surface area contributed by atoms with Crippen molar-refractivity contribution < 1.29 is 8.60 Å². The van der Waals surface area contributed by atoms with Crippen molar-refractivity contribution in [3.63, 3.8) is 0 Å². The molecule has 4 nitrogen and oxygen atoms in total. The van der Waals surface area contributed by atoms with Gasteiger partial charge in [-0.05, 0) is 36.8 Å². The number of halogens is 1. The van der Waals surface area contributed by atoms with Gasteiger partial charge in [0.2, 0.25) is 0 Å². The van der Waals surface area contributed by atoms with Crippen LogP contribution in [0.15, 0.2) is 52.3 Å². The van der Waals surface area contributed by atoms with Gasteiger partial charge in [0, 0.05) is 35.1 Å². The summed E-state index contributed by atoms with van der Waals surface area (Å²) in [4.78, 5) is 12.1. The Kier molecular flexibility index (Phi) is 4.68. The van der Waals surface area contributed by atoms with Gasteiger partial charge in [0.25, 0.3) is 5.56 Å². The fourth-order valence-corrected chi connectivity index (χ4v) is 2.86. The van der Waals surface area contributed by atoms with E-state index in [4.69, 9.17) is 5.73 Å². The van der Waals surface area contributed by atoms with E-state index in [-0.39, 0.29) is 11.4 Å². The number of rotatable bonds is 5. The molecule has 0 bridgehead atoms. The number of aromatic nitrogens is 1. The quantitative estimate of drug-likeness (QED) is 0.914. The van der Waals surface area contributed by atoms with E-state index in [0.717, 1.165) is 0 Å². The number of pyridine rings is 1. The van der Waals surface area contributed by atoms with Crippen LogP contribution in [0.25, 0.3) is 0 Å². The Labute approximate surface area is 118 Å². The molecule has 1 aromatic carbocycles. The summed E-state index contributed by atoms with van der Waals surface area (Å²) in [6, 6.07) is 8.56. The molecule has 0 amide bonds. The molecule has 0 radical (unpaired) electrons. The first-order valence-electron chi connectivity index (χ1n) is 6.16. The monoisotopic (exact) mass is 294 g/mol. The number of aryl methyl sites for hydroxylation is 1. The van der Waals surface area contributed by atoms with Crippen LogP contribution in [0, 0.1) is 5.82 Å². The fraction of sp³-hybridized carbons (Fsp3) is 0.214. The summed E-state index contributed by atoms with van der Waals surface area (Å²) in [6.45, 7) is 0.455. The van der Waals surface area contributed by atoms with E-state index in [2.05, 4.69) is 0 Å². The molecule has 106 valence electrons. The second-order valence-corrected chi connectivity index (χ2v) is 5.92. The first-order chi connectivity index (χ1) is 9.56. The van der Waals surface area contributed by atoms with Gasteiger partial charge in [0.15, 0.2) is 0 Å². The molecule has 2 N–H and O–H groups in total. The molecule has 6 heteroatoms. The molecule has 0 saturated carbocycles. The second-order valence-electron chi connectivity index (χ2n) is 4.35. The highest BCUT2D eigenvalue weighted by Gasteiger charge is 2.04. The zero-order valence-electron chi connectivity index (χ0n) is 10.8. The van der Waals surface area contributed by atoms with Gasteiger partial charge in [-0.2, -0.15) is 0 Å². The van der Waals surface area contributed by atoms with E-state index in [1.807, 2.05) is 0 Å². The van der Waals surface area contributed by atoms with Crippen LogP contribution in [0.3, 0.4) is 0 Å². The number of benzene rings is 1. The van der Waals surface area contributed by atoms with E-state index in [1.165, 1.54) is 34.9 Å². The Bertz CT molecular complexity index is 668. The summed E-state index contributed by atoms with van der Waals surface area (Å²) in [6.07, 6.45) is 2.15. The Morgan fingerprint density at radius 1 is 1.15 bits per heavy atom. The van der Waals surface area contributed by atoms with Gasteiger partial charge in [-0.1, -0.05) is 0 Å².